The van der Waals surface area contributed by atoms with E-state index in [-0.39, 0.29) is 18.4 Å². The van der Waals surface area contributed by atoms with Gasteiger partial charge in [0, 0.05) is 43.1 Å². The Labute approximate surface area is 130 Å². The molecule has 22 heavy (non-hydrogen) atoms. The number of benzene rings is 1. The van der Waals surface area contributed by atoms with Gasteiger partial charge in [-0.15, -0.1) is 0 Å². The van der Waals surface area contributed by atoms with Crippen LogP contribution in [0.4, 0.5) is 0 Å². The third-order valence-electron chi connectivity index (χ3n) is 4.61. The number of carbonyl (C=O) groups is 1. The molecule has 4 nitrogen and oxygen atoms in total. The van der Waals surface area contributed by atoms with E-state index in [1.54, 1.807) is 0 Å². The van der Waals surface area contributed by atoms with E-state index in [0.29, 0.717) is 25.3 Å². The minimum Gasteiger partial charge on any atom is -0.396 e. The van der Waals surface area contributed by atoms with Crippen LogP contribution >= 0.6 is 0 Å². The number of rotatable bonds is 4. The van der Waals surface area contributed by atoms with Crippen LogP contribution < -0.4 is 0 Å². The predicted octanol–water partition coefficient (Wildman–Crippen LogP) is 2.25. The fraction of sp³-hybridized carbons (Fsp3) is 0.444. The lowest BCUT2D eigenvalue weighted by molar-refractivity contribution is -0.130. The van der Waals surface area contributed by atoms with Crippen molar-refractivity contribution in [2.45, 2.75) is 19.8 Å². The number of aliphatic hydroxyl groups excluding tert-OH is 1. The molecule has 0 radical (unpaired) electrons. The van der Waals surface area contributed by atoms with Crippen molar-refractivity contribution < 1.29 is 9.90 Å². The number of amides is 1. The molecule has 1 aliphatic rings. The number of carbonyl (C=O) groups excluding carboxylic acids is 1. The highest BCUT2D eigenvalue weighted by molar-refractivity contribution is 5.79. The van der Waals surface area contributed by atoms with Crippen molar-refractivity contribution in [1.82, 2.24) is 9.88 Å². The molecular weight excluding hydrogens is 276 g/mol. The lowest BCUT2D eigenvalue weighted by Crippen LogP contribution is -2.29. The van der Waals surface area contributed by atoms with E-state index < -0.39 is 0 Å². The molecule has 1 aromatic carbocycles. The van der Waals surface area contributed by atoms with E-state index in [4.69, 9.17) is 0 Å². The number of aliphatic hydroxyl groups is 1. The summed E-state index contributed by atoms with van der Waals surface area (Å²) in [5, 5.41) is 10.4. The smallest absolute Gasteiger partial charge is 0.222 e. The van der Waals surface area contributed by atoms with Crippen LogP contribution in [0.1, 0.15) is 19.0 Å². The molecule has 0 aliphatic carbocycles. The summed E-state index contributed by atoms with van der Waals surface area (Å²) in [6.45, 7) is 3.70. The maximum Gasteiger partial charge on any atom is 0.222 e. The number of pyridine rings is 1. The van der Waals surface area contributed by atoms with E-state index in [9.17, 15) is 9.90 Å². The number of aryl methyl sites for hydroxylation is 1. The molecular formula is C18H22N2O2. The van der Waals surface area contributed by atoms with Gasteiger partial charge in [-0.2, -0.15) is 0 Å². The van der Waals surface area contributed by atoms with Crippen molar-refractivity contribution in [3.05, 3.63) is 42.1 Å². The Bertz CT molecular complexity index is 671. The summed E-state index contributed by atoms with van der Waals surface area (Å²) >= 11 is 0. The molecule has 2 heterocycles. The Balaban J connectivity index is 1.60. The van der Waals surface area contributed by atoms with Crippen molar-refractivity contribution in [3.8, 4) is 0 Å². The first-order valence-corrected chi connectivity index (χ1v) is 7.90. The Morgan fingerprint density at radius 1 is 1.27 bits per heavy atom. The monoisotopic (exact) mass is 298 g/mol. The van der Waals surface area contributed by atoms with Gasteiger partial charge >= 0.3 is 0 Å². The zero-order valence-electron chi connectivity index (χ0n) is 12.9. The molecule has 0 bridgehead atoms. The molecule has 1 amide bonds. The highest BCUT2D eigenvalue weighted by Crippen LogP contribution is 2.23. The van der Waals surface area contributed by atoms with E-state index in [0.717, 1.165) is 23.1 Å². The summed E-state index contributed by atoms with van der Waals surface area (Å²) in [5.41, 5.74) is 1.93. The van der Waals surface area contributed by atoms with Gasteiger partial charge in [0.2, 0.25) is 5.91 Å². The number of fused-ring (bicyclic) bond motifs is 1. The third kappa shape index (κ3) is 3.12. The van der Waals surface area contributed by atoms with Crippen LogP contribution in [0.5, 0.6) is 0 Å². The zero-order chi connectivity index (χ0) is 15.5. The van der Waals surface area contributed by atoms with Gasteiger partial charge in [0.05, 0.1) is 5.52 Å². The van der Waals surface area contributed by atoms with Gasteiger partial charge in [-0.3, -0.25) is 9.78 Å². The number of aromatic nitrogens is 1. The van der Waals surface area contributed by atoms with Crippen LogP contribution in [-0.4, -0.2) is 40.6 Å². The zero-order valence-corrected chi connectivity index (χ0v) is 12.9. The summed E-state index contributed by atoms with van der Waals surface area (Å²) in [4.78, 5) is 18.8. The summed E-state index contributed by atoms with van der Waals surface area (Å²) in [6, 6.07) is 12.1. The fourth-order valence-corrected chi connectivity index (χ4v) is 3.12. The molecule has 1 fully saturated rings. The Kier molecular flexibility index (Phi) is 4.39. The number of hydrogen-bond acceptors (Lipinski definition) is 3. The van der Waals surface area contributed by atoms with Crippen LogP contribution in [0.3, 0.4) is 0 Å². The average Bonchev–Trinajstić information content (AvgIpc) is 2.93. The van der Waals surface area contributed by atoms with Gasteiger partial charge in [-0.25, -0.2) is 0 Å². The van der Waals surface area contributed by atoms with E-state index in [1.807, 2.05) is 35.2 Å². The van der Waals surface area contributed by atoms with Crippen molar-refractivity contribution in [3.63, 3.8) is 0 Å². The summed E-state index contributed by atoms with van der Waals surface area (Å²) < 4.78 is 0. The number of likely N-dealkylation sites (tertiary alicyclic amines) is 1. The average molecular weight is 298 g/mol. The van der Waals surface area contributed by atoms with Crippen LogP contribution in [0.25, 0.3) is 10.9 Å². The third-order valence-corrected chi connectivity index (χ3v) is 4.61. The highest BCUT2D eigenvalue weighted by Gasteiger charge is 2.31. The van der Waals surface area contributed by atoms with Crippen molar-refractivity contribution in [2.75, 3.05) is 19.7 Å². The van der Waals surface area contributed by atoms with Gasteiger partial charge < -0.3 is 10.0 Å². The van der Waals surface area contributed by atoms with Gasteiger partial charge in [0.25, 0.3) is 0 Å². The van der Waals surface area contributed by atoms with Gasteiger partial charge in [-0.1, -0.05) is 31.2 Å². The summed E-state index contributed by atoms with van der Waals surface area (Å²) in [5.74, 6) is 0.772. The number of nitrogens with zero attached hydrogens (tertiary/aromatic N) is 2. The Hall–Kier alpha value is -1.94. The van der Waals surface area contributed by atoms with E-state index in [2.05, 4.69) is 18.0 Å². The molecule has 0 spiro atoms. The first kappa shape index (κ1) is 15.0. The molecule has 1 aromatic heterocycles. The SMILES string of the molecule is C[C@@H]1CN(C(=O)CCc2ccc3ccccc3n2)C[C@H]1CO. The fourth-order valence-electron chi connectivity index (χ4n) is 3.12. The maximum atomic E-state index is 12.3. The largest absolute Gasteiger partial charge is 0.396 e. The molecule has 0 saturated carbocycles. The normalized spacial score (nSPS) is 21.5. The van der Waals surface area contributed by atoms with Crippen molar-refractivity contribution in [2.24, 2.45) is 11.8 Å². The molecule has 1 aliphatic heterocycles. The second-order valence-corrected chi connectivity index (χ2v) is 6.21. The topological polar surface area (TPSA) is 53.4 Å². The van der Waals surface area contributed by atoms with Crippen LogP contribution in [0.15, 0.2) is 36.4 Å². The number of hydrogen-bond donors (Lipinski definition) is 1. The van der Waals surface area contributed by atoms with Crippen molar-refractivity contribution in [1.29, 1.82) is 0 Å². The summed E-state index contributed by atoms with van der Waals surface area (Å²) in [7, 11) is 0. The highest BCUT2D eigenvalue weighted by atomic mass is 16.3. The van der Waals surface area contributed by atoms with Gasteiger partial charge in [-0.05, 0) is 24.5 Å². The van der Waals surface area contributed by atoms with E-state index in [1.165, 1.54) is 0 Å². The first-order valence-electron chi connectivity index (χ1n) is 7.90. The molecule has 1 saturated heterocycles. The predicted molar refractivity (Wildman–Crippen MR) is 86.4 cm³/mol. The van der Waals surface area contributed by atoms with Crippen LogP contribution in [0.2, 0.25) is 0 Å². The van der Waals surface area contributed by atoms with E-state index >= 15 is 0 Å². The molecule has 3 rings (SSSR count). The van der Waals surface area contributed by atoms with Crippen LogP contribution in [0, 0.1) is 11.8 Å². The molecule has 0 unspecified atom stereocenters. The summed E-state index contributed by atoms with van der Waals surface area (Å²) in [6.07, 6.45) is 1.15. The minimum atomic E-state index is 0.164. The van der Waals surface area contributed by atoms with Gasteiger partial charge in [0.1, 0.15) is 0 Å². The minimum absolute atomic E-state index is 0.164. The Morgan fingerprint density at radius 3 is 2.86 bits per heavy atom. The quantitative estimate of drug-likeness (QED) is 0.942. The van der Waals surface area contributed by atoms with Crippen molar-refractivity contribution >= 4 is 16.8 Å². The Morgan fingerprint density at radius 2 is 2.09 bits per heavy atom. The molecule has 4 heteroatoms. The maximum absolute atomic E-state index is 12.3. The van der Waals surface area contributed by atoms with Gasteiger partial charge in [0.15, 0.2) is 0 Å². The lowest BCUT2D eigenvalue weighted by atomic mass is 10.00. The second kappa shape index (κ2) is 6.44. The first-order chi connectivity index (χ1) is 10.7. The number of para-hydroxylation sites is 1. The molecule has 2 aromatic rings. The standard InChI is InChI=1S/C18H22N2O2/c1-13-10-20(11-15(13)12-21)18(22)9-8-16-7-6-14-4-2-3-5-17(14)19-16/h2-7,13,15,21H,8-12H2,1H3/t13-,15+/m1/s1. The molecule has 2 atom stereocenters. The second-order valence-electron chi connectivity index (χ2n) is 6.21. The van der Waals surface area contributed by atoms with Crippen LogP contribution in [-0.2, 0) is 11.2 Å². The molecule has 116 valence electrons. The molecule has 1 N–H and O–H groups in total. The lowest BCUT2D eigenvalue weighted by Gasteiger charge is -2.16.